The summed E-state index contributed by atoms with van der Waals surface area (Å²) in [6.45, 7) is 9.17. The lowest BCUT2D eigenvalue weighted by Gasteiger charge is -2.29. The Balaban J connectivity index is 1.84. The number of rotatable bonds is 10. The van der Waals surface area contributed by atoms with Crippen LogP contribution in [0.25, 0.3) is 0 Å². The molecule has 0 aromatic heterocycles. The molecule has 0 spiro atoms. The second-order valence-electron chi connectivity index (χ2n) is 7.88. The van der Waals surface area contributed by atoms with E-state index in [-0.39, 0.29) is 11.9 Å². The van der Waals surface area contributed by atoms with Crippen LogP contribution in [0.5, 0.6) is 0 Å². The molecule has 1 heterocycles. The van der Waals surface area contributed by atoms with Crippen molar-refractivity contribution in [2.45, 2.75) is 58.2 Å². The van der Waals surface area contributed by atoms with Crippen LogP contribution in [0, 0.1) is 0 Å². The van der Waals surface area contributed by atoms with E-state index >= 15 is 0 Å². The first kappa shape index (κ1) is 23.7. The van der Waals surface area contributed by atoms with E-state index in [9.17, 15) is 18.0 Å². The highest BCUT2D eigenvalue weighted by molar-refractivity contribution is 5.76. The summed E-state index contributed by atoms with van der Waals surface area (Å²) >= 11 is 0. The molecule has 1 amide bonds. The third kappa shape index (κ3) is 7.97. The fraction of sp³-hybridized carbons (Fsp3) is 0.682. The van der Waals surface area contributed by atoms with Gasteiger partial charge in [-0.25, -0.2) is 0 Å². The number of nitrogens with one attached hydrogen (secondary N) is 1. The van der Waals surface area contributed by atoms with E-state index in [1.807, 2.05) is 4.90 Å². The minimum absolute atomic E-state index is 0.169. The summed E-state index contributed by atoms with van der Waals surface area (Å²) in [5.74, 6) is 0.221. The Morgan fingerprint density at radius 2 is 2.00 bits per heavy atom. The van der Waals surface area contributed by atoms with Gasteiger partial charge >= 0.3 is 6.18 Å². The van der Waals surface area contributed by atoms with Crippen LogP contribution in [0.3, 0.4) is 0 Å². The van der Waals surface area contributed by atoms with Crippen LogP contribution < -0.4 is 5.32 Å². The number of carbonyl (C=O) groups is 1. The van der Waals surface area contributed by atoms with Crippen molar-refractivity contribution in [2.24, 2.45) is 0 Å². The van der Waals surface area contributed by atoms with Crippen molar-refractivity contribution < 1.29 is 18.0 Å². The Labute approximate surface area is 172 Å². The minimum Gasteiger partial charge on any atom is -0.341 e. The second kappa shape index (κ2) is 11.6. The van der Waals surface area contributed by atoms with Gasteiger partial charge in [0.2, 0.25) is 5.91 Å². The van der Waals surface area contributed by atoms with Crippen LogP contribution in [0.2, 0.25) is 0 Å². The summed E-state index contributed by atoms with van der Waals surface area (Å²) in [6, 6.07) is 5.82. The first-order valence-electron chi connectivity index (χ1n) is 10.7. The van der Waals surface area contributed by atoms with Crippen LogP contribution in [0.15, 0.2) is 24.3 Å². The van der Waals surface area contributed by atoms with Crippen molar-refractivity contribution in [1.82, 2.24) is 15.1 Å². The van der Waals surface area contributed by atoms with Gasteiger partial charge in [0.05, 0.1) is 5.56 Å². The first-order valence-corrected chi connectivity index (χ1v) is 10.7. The third-order valence-corrected chi connectivity index (χ3v) is 5.47. The van der Waals surface area contributed by atoms with Gasteiger partial charge in [-0.15, -0.1) is 0 Å². The van der Waals surface area contributed by atoms with E-state index in [1.54, 1.807) is 6.07 Å². The van der Waals surface area contributed by atoms with Crippen LogP contribution in [0.4, 0.5) is 13.2 Å². The topological polar surface area (TPSA) is 35.6 Å². The van der Waals surface area contributed by atoms with Gasteiger partial charge in [-0.2, -0.15) is 13.2 Å². The summed E-state index contributed by atoms with van der Waals surface area (Å²) in [5, 5.41) is 3.24. The molecule has 1 saturated heterocycles. The van der Waals surface area contributed by atoms with Crippen molar-refractivity contribution in [2.75, 3.05) is 39.3 Å². The molecular formula is C22H34F3N3O. The quantitative estimate of drug-likeness (QED) is 0.590. The SMILES string of the molecule is CCCN(CCCCN1CCNCCC1=O)C(C)Cc1cccc(C(F)(F)F)c1. The van der Waals surface area contributed by atoms with E-state index in [1.165, 1.54) is 12.1 Å². The number of amides is 1. The van der Waals surface area contributed by atoms with Gasteiger partial charge in [-0.1, -0.05) is 25.1 Å². The maximum Gasteiger partial charge on any atom is 0.416 e. The molecular weight excluding hydrogens is 379 g/mol. The van der Waals surface area contributed by atoms with E-state index in [0.29, 0.717) is 12.8 Å². The van der Waals surface area contributed by atoms with Gasteiger partial charge in [0, 0.05) is 38.6 Å². The normalized spacial score (nSPS) is 16.9. The number of hydrogen-bond acceptors (Lipinski definition) is 3. The number of unbranched alkanes of at least 4 members (excludes halogenated alkanes) is 1. The summed E-state index contributed by atoms with van der Waals surface area (Å²) < 4.78 is 38.9. The fourth-order valence-electron chi connectivity index (χ4n) is 3.86. The van der Waals surface area contributed by atoms with E-state index in [4.69, 9.17) is 0 Å². The van der Waals surface area contributed by atoms with Gasteiger partial charge in [0.25, 0.3) is 0 Å². The number of halogens is 3. The molecule has 29 heavy (non-hydrogen) atoms. The highest BCUT2D eigenvalue weighted by Crippen LogP contribution is 2.30. The van der Waals surface area contributed by atoms with Gasteiger partial charge in [-0.05, 0) is 57.3 Å². The van der Waals surface area contributed by atoms with Crippen molar-refractivity contribution in [1.29, 1.82) is 0 Å². The Morgan fingerprint density at radius 3 is 2.72 bits per heavy atom. The van der Waals surface area contributed by atoms with Crippen molar-refractivity contribution in [3.8, 4) is 0 Å². The highest BCUT2D eigenvalue weighted by Gasteiger charge is 2.30. The molecule has 0 saturated carbocycles. The van der Waals surface area contributed by atoms with Crippen LogP contribution in [-0.4, -0.2) is 61.0 Å². The van der Waals surface area contributed by atoms with Gasteiger partial charge in [0.1, 0.15) is 0 Å². The Hall–Kier alpha value is -1.60. The fourth-order valence-corrected chi connectivity index (χ4v) is 3.86. The van der Waals surface area contributed by atoms with Gasteiger partial charge < -0.3 is 15.1 Å². The zero-order valence-corrected chi connectivity index (χ0v) is 17.6. The van der Waals surface area contributed by atoms with Gasteiger partial charge in [-0.3, -0.25) is 4.79 Å². The predicted octanol–water partition coefficient (Wildman–Crippen LogP) is 3.95. The molecule has 0 radical (unpaired) electrons. The molecule has 1 aromatic carbocycles. The predicted molar refractivity (Wildman–Crippen MR) is 110 cm³/mol. The highest BCUT2D eigenvalue weighted by atomic mass is 19.4. The van der Waals surface area contributed by atoms with E-state index < -0.39 is 11.7 Å². The van der Waals surface area contributed by atoms with Crippen LogP contribution >= 0.6 is 0 Å². The van der Waals surface area contributed by atoms with Gasteiger partial charge in [0.15, 0.2) is 0 Å². The Morgan fingerprint density at radius 1 is 1.21 bits per heavy atom. The van der Waals surface area contributed by atoms with Crippen molar-refractivity contribution in [3.63, 3.8) is 0 Å². The number of benzene rings is 1. The maximum absolute atomic E-state index is 13.0. The first-order chi connectivity index (χ1) is 13.8. The standard InChI is InChI=1S/C22H34F3N3O/c1-3-12-27(13-4-5-14-28-15-11-26-10-9-21(28)29)18(2)16-19-7-6-8-20(17-19)22(23,24)25/h6-8,17-18,26H,3-5,9-16H2,1-2H3. The Bertz CT molecular complexity index is 636. The molecule has 1 aromatic rings. The molecule has 1 aliphatic heterocycles. The number of hydrogen-bond donors (Lipinski definition) is 1. The molecule has 0 bridgehead atoms. The summed E-state index contributed by atoms with van der Waals surface area (Å²) in [6.07, 6.45) is -0.214. The smallest absolute Gasteiger partial charge is 0.341 e. The van der Waals surface area contributed by atoms with Crippen LogP contribution in [0.1, 0.15) is 50.7 Å². The molecule has 4 nitrogen and oxygen atoms in total. The molecule has 0 aliphatic carbocycles. The zero-order valence-electron chi connectivity index (χ0n) is 17.6. The average molecular weight is 414 g/mol. The number of carbonyl (C=O) groups excluding carboxylic acids is 1. The van der Waals surface area contributed by atoms with Crippen molar-refractivity contribution in [3.05, 3.63) is 35.4 Å². The van der Waals surface area contributed by atoms with E-state index in [2.05, 4.69) is 24.1 Å². The molecule has 1 atom stereocenters. The molecule has 1 aliphatic rings. The average Bonchev–Trinajstić information content (AvgIpc) is 2.88. The maximum atomic E-state index is 13.0. The summed E-state index contributed by atoms with van der Waals surface area (Å²) in [5.41, 5.74) is 0.136. The monoisotopic (exact) mass is 413 g/mol. The number of alkyl halides is 3. The lowest BCUT2D eigenvalue weighted by atomic mass is 10.0. The van der Waals surface area contributed by atoms with Crippen molar-refractivity contribution >= 4 is 5.91 Å². The minimum atomic E-state index is -4.30. The molecule has 1 unspecified atom stereocenters. The summed E-state index contributed by atoms with van der Waals surface area (Å²) in [4.78, 5) is 16.3. The lowest BCUT2D eigenvalue weighted by Crippen LogP contribution is -2.37. The molecule has 1 fully saturated rings. The molecule has 1 N–H and O–H groups in total. The molecule has 2 rings (SSSR count). The lowest BCUT2D eigenvalue weighted by molar-refractivity contribution is -0.137. The largest absolute Gasteiger partial charge is 0.416 e. The second-order valence-corrected chi connectivity index (χ2v) is 7.88. The Kier molecular flexibility index (Phi) is 9.43. The number of nitrogens with zero attached hydrogens (tertiary/aromatic N) is 2. The van der Waals surface area contributed by atoms with E-state index in [0.717, 1.165) is 70.2 Å². The zero-order chi connectivity index (χ0) is 21.3. The third-order valence-electron chi connectivity index (χ3n) is 5.47. The summed E-state index contributed by atoms with van der Waals surface area (Å²) in [7, 11) is 0. The molecule has 164 valence electrons. The van der Waals surface area contributed by atoms with Crippen LogP contribution in [-0.2, 0) is 17.4 Å². The molecule has 7 heteroatoms.